The van der Waals surface area contributed by atoms with E-state index in [-0.39, 0.29) is 11.7 Å². The molecule has 0 aliphatic carbocycles. The van der Waals surface area contributed by atoms with Crippen LogP contribution in [0.25, 0.3) is 11.4 Å². The van der Waals surface area contributed by atoms with Crippen molar-refractivity contribution in [2.75, 3.05) is 18.2 Å². The Balaban J connectivity index is 1.74. The number of carbonyl (C=O) groups excluding carboxylic acids is 1. The number of hydrogen-bond acceptors (Lipinski definition) is 5. The lowest BCUT2D eigenvalue weighted by molar-refractivity contribution is -0.113. The maximum Gasteiger partial charge on any atom is 0.234 e. The first kappa shape index (κ1) is 20.0. The molecule has 0 bridgehead atoms. The number of allylic oxidation sites excluding steroid dienone is 1. The number of aromatic nitrogens is 3. The Hall–Kier alpha value is -2.77. The van der Waals surface area contributed by atoms with Crippen LogP contribution in [0.2, 0.25) is 5.02 Å². The van der Waals surface area contributed by atoms with E-state index in [0.717, 1.165) is 11.3 Å². The lowest BCUT2D eigenvalue weighted by atomic mass is 10.2. The molecular weight excluding hydrogens is 396 g/mol. The summed E-state index contributed by atoms with van der Waals surface area (Å²) in [5.41, 5.74) is 1.53. The van der Waals surface area contributed by atoms with Crippen molar-refractivity contribution in [1.82, 2.24) is 14.8 Å². The zero-order valence-electron chi connectivity index (χ0n) is 15.3. The first-order chi connectivity index (χ1) is 13.6. The number of methoxy groups -OCH3 is 1. The van der Waals surface area contributed by atoms with E-state index in [0.29, 0.717) is 28.2 Å². The van der Waals surface area contributed by atoms with Crippen LogP contribution in [0.4, 0.5) is 5.69 Å². The predicted molar refractivity (Wildman–Crippen MR) is 113 cm³/mol. The van der Waals surface area contributed by atoms with Crippen LogP contribution >= 0.6 is 23.4 Å². The van der Waals surface area contributed by atoms with Crippen molar-refractivity contribution >= 4 is 35.0 Å². The van der Waals surface area contributed by atoms with E-state index in [1.54, 1.807) is 37.5 Å². The molecule has 0 fully saturated rings. The molecule has 1 aromatic heterocycles. The van der Waals surface area contributed by atoms with Gasteiger partial charge in [0.05, 0.1) is 12.9 Å². The molecule has 0 aliphatic heterocycles. The summed E-state index contributed by atoms with van der Waals surface area (Å²) < 4.78 is 7.20. The number of thioether (sulfide) groups is 1. The standard InChI is InChI=1S/C20H19ClN4O2S/c1-3-10-25-19(14-6-4-9-17(11-14)27-2)23-24-20(25)28-13-18(26)22-16-8-5-7-15(21)12-16/h3-9,11-12H,1,10,13H2,2H3,(H,22,26). The summed E-state index contributed by atoms with van der Waals surface area (Å²) in [6.45, 7) is 4.33. The molecule has 0 aliphatic rings. The van der Waals surface area contributed by atoms with E-state index >= 15 is 0 Å². The number of hydrogen-bond donors (Lipinski definition) is 1. The van der Waals surface area contributed by atoms with Gasteiger partial charge in [0, 0.05) is 22.8 Å². The maximum absolute atomic E-state index is 12.3. The Bertz CT molecular complexity index is 990. The van der Waals surface area contributed by atoms with Gasteiger partial charge in [-0.3, -0.25) is 9.36 Å². The minimum absolute atomic E-state index is 0.150. The van der Waals surface area contributed by atoms with Crippen LogP contribution in [0.5, 0.6) is 5.75 Å². The molecular formula is C20H19ClN4O2S. The number of nitrogens with one attached hydrogen (secondary N) is 1. The van der Waals surface area contributed by atoms with Crippen LogP contribution in [0.15, 0.2) is 66.3 Å². The largest absolute Gasteiger partial charge is 0.497 e. The summed E-state index contributed by atoms with van der Waals surface area (Å²) in [4.78, 5) is 12.3. The monoisotopic (exact) mass is 414 g/mol. The second-order valence-corrected chi connectivity index (χ2v) is 7.16. The molecule has 1 N–H and O–H groups in total. The fourth-order valence-electron chi connectivity index (χ4n) is 2.56. The van der Waals surface area contributed by atoms with Crippen molar-refractivity contribution in [3.63, 3.8) is 0 Å². The molecule has 2 aromatic carbocycles. The Morgan fingerprint density at radius 3 is 2.86 bits per heavy atom. The molecule has 144 valence electrons. The lowest BCUT2D eigenvalue weighted by Crippen LogP contribution is -2.14. The summed E-state index contributed by atoms with van der Waals surface area (Å²) in [5, 5.41) is 12.6. The third kappa shape index (κ3) is 4.94. The van der Waals surface area contributed by atoms with E-state index in [1.807, 2.05) is 28.8 Å². The topological polar surface area (TPSA) is 69.0 Å². The third-order valence-corrected chi connectivity index (χ3v) is 5.00. The molecule has 3 aromatic rings. The third-order valence-electron chi connectivity index (χ3n) is 3.80. The molecule has 3 rings (SSSR count). The summed E-state index contributed by atoms with van der Waals surface area (Å²) in [6, 6.07) is 14.6. The lowest BCUT2D eigenvalue weighted by Gasteiger charge is -2.09. The highest BCUT2D eigenvalue weighted by Crippen LogP contribution is 2.26. The van der Waals surface area contributed by atoms with Gasteiger partial charge in [0.25, 0.3) is 0 Å². The van der Waals surface area contributed by atoms with Gasteiger partial charge in [-0.05, 0) is 30.3 Å². The summed E-state index contributed by atoms with van der Waals surface area (Å²) in [5.74, 6) is 1.47. The Kier molecular flexibility index (Phi) is 6.73. The number of amides is 1. The fourth-order valence-corrected chi connectivity index (χ4v) is 3.50. The molecule has 28 heavy (non-hydrogen) atoms. The first-order valence-corrected chi connectivity index (χ1v) is 9.84. The van der Waals surface area contributed by atoms with Gasteiger partial charge >= 0.3 is 0 Å². The van der Waals surface area contributed by atoms with Crippen LogP contribution < -0.4 is 10.1 Å². The molecule has 6 nitrogen and oxygen atoms in total. The van der Waals surface area contributed by atoms with Gasteiger partial charge in [-0.15, -0.1) is 16.8 Å². The highest BCUT2D eigenvalue weighted by atomic mass is 35.5. The zero-order chi connectivity index (χ0) is 19.9. The van der Waals surface area contributed by atoms with Gasteiger partial charge in [0.2, 0.25) is 5.91 Å². The molecule has 0 saturated carbocycles. The zero-order valence-corrected chi connectivity index (χ0v) is 16.8. The number of benzene rings is 2. The van der Waals surface area contributed by atoms with Crippen LogP contribution in [0, 0.1) is 0 Å². The molecule has 0 saturated heterocycles. The summed E-state index contributed by atoms with van der Waals surface area (Å²) >= 11 is 7.25. The van der Waals surface area contributed by atoms with Crippen molar-refractivity contribution in [3.05, 3.63) is 66.2 Å². The molecule has 0 unspecified atom stereocenters. The minimum Gasteiger partial charge on any atom is -0.497 e. The van der Waals surface area contributed by atoms with E-state index in [4.69, 9.17) is 16.3 Å². The maximum atomic E-state index is 12.3. The smallest absolute Gasteiger partial charge is 0.234 e. The average molecular weight is 415 g/mol. The Labute approximate surface area is 172 Å². The number of ether oxygens (including phenoxy) is 1. The quantitative estimate of drug-likeness (QED) is 0.433. The molecule has 0 atom stereocenters. The van der Waals surface area contributed by atoms with Gasteiger partial charge in [-0.25, -0.2) is 0 Å². The van der Waals surface area contributed by atoms with Crippen LogP contribution in [0.1, 0.15) is 0 Å². The fraction of sp³-hybridized carbons (Fsp3) is 0.150. The summed E-state index contributed by atoms with van der Waals surface area (Å²) in [6.07, 6.45) is 1.77. The highest BCUT2D eigenvalue weighted by molar-refractivity contribution is 7.99. The van der Waals surface area contributed by atoms with Crippen LogP contribution in [-0.4, -0.2) is 33.5 Å². The molecule has 1 amide bonds. The average Bonchev–Trinajstić information content (AvgIpc) is 3.09. The molecule has 8 heteroatoms. The van der Waals surface area contributed by atoms with E-state index in [9.17, 15) is 4.79 Å². The molecule has 0 spiro atoms. The molecule has 1 heterocycles. The van der Waals surface area contributed by atoms with Gasteiger partial charge in [0.1, 0.15) is 5.75 Å². The van der Waals surface area contributed by atoms with Crippen LogP contribution in [-0.2, 0) is 11.3 Å². The normalized spacial score (nSPS) is 10.5. The van der Waals surface area contributed by atoms with Gasteiger partial charge < -0.3 is 10.1 Å². The predicted octanol–water partition coefficient (Wildman–Crippen LogP) is 4.52. The van der Waals surface area contributed by atoms with Crippen LogP contribution in [0.3, 0.4) is 0 Å². The number of carbonyl (C=O) groups is 1. The Morgan fingerprint density at radius 1 is 1.29 bits per heavy atom. The second kappa shape index (κ2) is 9.43. The van der Waals surface area contributed by atoms with E-state index in [2.05, 4.69) is 22.1 Å². The van der Waals surface area contributed by atoms with Crippen molar-refractivity contribution in [3.8, 4) is 17.1 Å². The van der Waals surface area contributed by atoms with Gasteiger partial charge in [-0.2, -0.15) is 0 Å². The van der Waals surface area contributed by atoms with Gasteiger partial charge in [0.15, 0.2) is 11.0 Å². The minimum atomic E-state index is -0.150. The SMILES string of the molecule is C=CCn1c(SCC(=O)Nc2cccc(Cl)c2)nnc1-c1cccc(OC)c1. The number of halogens is 1. The van der Waals surface area contributed by atoms with E-state index < -0.39 is 0 Å². The number of anilines is 1. The first-order valence-electron chi connectivity index (χ1n) is 8.47. The Morgan fingerprint density at radius 2 is 2.11 bits per heavy atom. The molecule has 0 radical (unpaired) electrons. The number of nitrogens with zero attached hydrogens (tertiary/aromatic N) is 3. The highest BCUT2D eigenvalue weighted by Gasteiger charge is 2.15. The summed E-state index contributed by atoms with van der Waals surface area (Å²) in [7, 11) is 1.62. The van der Waals surface area contributed by atoms with Gasteiger partial charge in [-0.1, -0.05) is 47.6 Å². The van der Waals surface area contributed by atoms with Crippen molar-refractivity contribution in [2.45, 2.75) is 11.7 Å². The van der Waals surface area contributed by atoms with Crippen molar-refractivity contribution in [2.24, 2.45) is 0 Å². The van der Waals surface area contributed by atoms with Crippen molar-refractivity contribution in [1.29, 1.82) is 0 Å². The van der Waals surface area contributed by atoms with Crippen molar-refractivity contribution < 1.29 is 9.53 Å². The number of rotatable bonds is 8. The second-order valence-electron chi connectivity index (χ2n) is 5.78. The van der Waals surface area contributed by atoms with E-state index in [1.165, 1.54) is 11.8 Å².